The molecule has 0 bridgehead atoms. The summed E-state index contributed by atoms with van der Waals surface area (Å²) in [5.74, 6) is 1.76. The first-order chi connectivity index (χ1) is 11.6. The van der Waals surface area contributed by atoms with Crippen LogP contribution in [0.5, 0.6) is 5.75 Å². The number of rotatable bonds is 2. The lowest BCUT2D eigenvalue weighted by Crippen LogP contribution is -2.34. The second-order valence-corrected chi connectivity index (χ2v) is 7.75. The molecule has 2 heterocycles. The summed E-state index contributed by atoms with van der Waals surface area (Å²) in [5, 5.41) is 3.22. The summed E-state index contributed by atoms with van der Waals surface area (Å²) in [5.41, 5.74) is 3.38. The summed E-state index contributed by atoms with van der Waals surface area (Å²) in [6, 6.07) is 15.3. The number of fused-ring (bicyclic) bond motifs is 3. The van der Waals surface area contributed by atoms with Crippen LogP contribution in [0.2, 0.25) is 0 Å². The Morgan fingerprint density at radius 2 is 2.08 bits per heavy atom. The minimum absolute atomic E-state index is 0.129. The van der Waals surface area contributed by atoms with Gasteiger partial charge in [-0.3, -0.25) is 5.32 Å². The Labute approximate surface area is 146 Å². The molecule has 2 atom stereocenters. The number of nitrogens with one attached hydrogen (secondary N) is 1. The molecule has 0 aromatic heterocycles. The second-order valence-electron chi connectivity index (χ2n) is 6.56. The topological polar surface area (TPSA) is 41.6 Å². The van der Waals surface area contributed by atoms with Gasteiger partial charge in [0.25, 0.3) is 0 Å². The van der Waals surface area contributed by atoms with Crippen LogP contribution in [0.15, 0.2) is 48.5 Å². The lowest BCUT2D eigenvalue weighted by Gasteiger charge is -2.27. The molecule has 124 valence electrons. The van der Waals surface area contributed by atoms with Crippen molar-refractivity contribution >= 4 is 29.2 Å². The molecule has 5 heteroatoms. The monoisotopic (exact) mass is 340 g/mol. The SMILES string of the molecule is CN1c2ccc(OC(=O)Nc3ccccc3)cc2[C@]2(C)CCSC12. The highest BCUT2D eigenvalue weighted by atomic mass is 32.2. The van der Waals surface area contributed by atoms with Crippen molar-refractivity contribution in [3.05, 3.63) is 54.1 Å². The molecule has 2 aromatic rings. The smallest absolute Gasteiger partial charge is 0.410 e. The zero-order chi connectivity index (χ0) is 16.7. The Morgan fingerprint density at radius 3 is 2.88 bits per heavy atom. The van der Waals surface area contributed by atoms with Crippen LogP contribution < -0.4 is 15.0 Å². The fourth-order valence-corrected chi connectivity index (χ4v) is 5.45. The average molecular weight is 340 g/mol. The van der Waals surface area contributed by atoms with Crippen molar-refractivity contribution in [1.82, 2.24) is 0 Å². The molecule has 2 aliphatic rings. The fraction of sp³-hybridized carbons (Fsp3) is 0.316. The summed E-state index contributed by atoms with van der Waals surface area (Å²) in [4.78, 5) is 14.5. The van der Waals surface area contributed by atoms with Gasteiger partial charge in [0.1, 0.15) is 5.75 Å². The van der Waals surface area contributed by atoms with Gasteiger partial charge in [-0.1, -0.05) is 25.1 Å². The second kappa shape index (κ2) is 5.74. The van der Waals surface area contributed by atoms with E-state index < -0.39 is 6.09 Å². The van der Waals surface area contributed by atoms with Crippen LogP contribution >= 0.6 is 11.8 Å². The summed E-state index contributed by atoms with van der Waals surface area (Å²) in [6.45, 7) is 2.31. The van der Waals surface area contributed by atoms with Gasteiger partial charge in [-0.25, -0.2) is 4.79 Å². The van der Waals surface area contributed by atoms with Crippen LogP contribution in [-0.4, -0.2) is 24.3 Å². The van der Waals surface area contributed by atoms with E-state index in [2.05, 4.69) is 30.3 Å². The van der Waals surface area contributed by atoms with Gasteiger partial charge in [-0.05, 0) is 48.1 Å². The number of thioether (sulfide) groups is 1. The summed E-state index contributed by atoms with van der Waals surface area (Å²) < 4.78 is 5.50. The largest absolute Gasteiger partial charge is 0.417 e. The van der Waals surface area contributed by atoms with Crippen LogP contribution in [0.1, 0.15) is 18.9 Å². The van der Waals surface area contributed by atoms with E-state index in [0.29, 0.717) is 11.1 Å². The first-order valence-corrected chi connectivity index (χ1v) is 9.16. The van der Waals surface area contributed by atoms with Gasteiger partial charge in [-0.2, -0.15) is 0 Å². The Balaban J connectivity index is 1.55. The van der Waals surface area contributed by atoms with E-state index in [9.17, 15) is 4.79 Å². The number of carbonyl (C=O) groups excluding carboxylic acids is 1. The number of anilines is 2. The number of para-hydroxylation sites is 1. The fourth-order valence-electron chi connectivity index (χ4n) is 3.74. The molecule has 24 heavy (non-hydrogen) atoms. The van der Waals surface area contributed by atoms with Crippen molar-refractivity contribution in [1.29, 1.82) is 0 Å². The summed E-state index contributed by atoms with van der Waals surface area (Å²) in [6.07, 6.45) is 0.689. The van der Waals surface area contributed by atoms with Gasteiger partial charge >= 0.3 is 6.09 Å². The third-order valence-corrected chi connectivity index (χ3v) is 6.58. The molecule has 4 nitrogen and oxygen atoms in total. The highest BCUT2D eigenvalue weighted by Crippen LogP contribution is 2.55. The maximum Gasteiger partial charge on any atom is 0.417 e. The van der Waals surface area contributed by atoms with Crippen LogP contribution in [0.25, 0.3) is 0 Å². The van der Waals surface area contributed by atoms with Crippen LogP contribution in [-0.2, 0) is 5.41 Å². The highest BCUT2D eigenvalue weighted by molar-refractivity contribution is 8.00. The molecular weight excluding hydrogens is 320 g/mol. The van der Waals surface area contributed by atoms with Gasteiger partial charge in [0.05, 0.1) is 5.37 Å². The minimum atomic E-state index is -0.463. The molecule has 0 spiro atoms. The normalized spacial score (nSPS) is 24.4. The van der Waals surface area contributed by atoms with Gasteiger partial charge in [-0.15, -0.1) is 11.8 Å². The van der Waals surface area contributed by atoms with Crippen LogP contribution in [0.4, 0.5) is 16.2 Å². The number of carbonyl (C=O) groups is 1. The molecular formula is C19H20N2O2S. The number of likely N-dealkylation sites (N-methyl/N-ethyl adjacent to an activating group) is 1. The Hall–Kier alpha value is -2.14. The molecule has 2 aliphatic heterocycles. The predicted octanol–water partition coefficient (Wildman–Crippen LogP) is 4.47. The molecule has 0 radical (unpaired) electrons. The number of ether oxygens (including phenoxy) is 1. The lowest BCUT2D eigenvalue weighted by molar-refractivity contribution is 0.215. The zero-order valence-electron chi connectivity index (χ0n) is 13.8. The summed E-state index contributed by atoms with van der Waals surface area (Å²) in [7, 11) is 2.15. The van der Waals surface area contributed by atoms with Crippen molar-refractivity contribution in [2.45, 2.75) is 24.1 Å². The quantitative estimate of drug-likeness (QED) is 0.876. The van der Waals surface area contributed by atoms with E-state index in [-0.39, 0.29) is 5.41 Å². The summed E-state index contributed by atoms with van der Waals surface area (Å²) >= 11 is 2.00. The van der Waals surface area contributed by atoms with Crippen molar-refractivity contribution in [3.8, 4) is 5.75 Å². The van der Waals surface area contributed by atoms with E-state index in [1.54, 1.807) is 0 Å². The molecule has 1 unspecified atom stereocenters. The Kier molecular flexibility index (Phi) is 3.68. The first-order valence-electron chi connectivity index (χ1n) is 8.11. The molecule has 4 rings (SSSR count). The van der Waals surface area contributed by atoms with Crippen LogP contribution in [0.3, 0.4) is 0 Å². The number of amides is 1. The van der Waals surface area contributed by atoms with E-state index in [0.717, 1.165) is 12.1 Å². The number of nitrogens with zero attached hydrogens (tertiary/aromatic N) is 1. The zero-order valence-corrected chi connectivity index (χ0v) is 14.6. The van der Waals surface area contributed by atoms with Gasteiger partial charge in [0.2, 0.25) is 0 Å². The van der Waals surface area contributed by atoms with E-state index in [4.69, 9.17) is 4.74 Å². The predicted molar refractivity (Wildman–Crippen MR) is 99.1 cm³/mol. The number of hydrogen-bond donors (Lipinski definition) is 1. The molecule has 1 amide bonds. The third kappa shape index (κ3) is 2.44. The van der Waals surface area contributed by atoms with Gasteiger partial charge < -0.3 is 9.64 Å². The van der Waals surface area contributed by atoms with Crippen molar-refractivity contribution < 1.29 is 9.53 Å². The maximum atomic E-state index is 12.1. The van der Waals surface area contributed by atoms with Crippen molar-refractivity contribution in [2.75, 3.05) is 23.0 Å². The number of hydrogen-bond acceptors (Lipinski definition) is 4. The molecule has 1 N–H and O–H groups in total. The molecule has 0 aliphatic carbocycles. The first kappa shape index (κ1) is 15.4. The number of benzene rings is 2. The maximum absolute atomic E-state index is 12.1. The van der Waals surface area contributed by atoms with Gasteiger partial charge in [0.15, 0.2) is 0 Å². The van der Waals surface area contributed by atoms with Crippen molar-refractivity contribution in [2.24, 2.45) is 0 Å². The highest BCUT2D eigenvalue weighted by Gasteiger charge is 2.50. The Morgan fingerprint density at radius 1 is 1.29 bits per heavy atom. The van der Waals surface area contributed by atoms with E-state index >= 15 is 0 Å². The van der Waals surface area contributed by atoms with Crippen molar-refractivity contribution in [3.63, 3.8) is 0 Å². The third-order valence-electron chi connectivity index (χ3n) is 4.99. The Bertz CT molecular complexity index is 780. The molecule has 2 aromatic carbocycles. The van der Waals surface area contributed by atoms with Gasteiger partial charge in [0, 0.05) is 23.8 Å². The standard InChI is InChI=1S/C19H20N2O2S/c1-19-10-11-24-17(19)21(2)16-9-8-14(12-15(16)19)23-18(22)20-13-6-4-3-5-7-13/h3-9,12,17H,10-11H2,1-2H3,(H,20,22)/t17?,19-/m0/s1. The molecule has 1 fully saturated rings. The van der Waals surface area contributed by atoms with Crippen LogP contribution in [0, 0.1) is 0 Å². The average Bonchev–Trinajstić information content (AvgIpc) is 3.05. The lowest BCUT2D eigenvalue weighted by atomic mass is 9.82. The molecule has 1 saturated heterocycles. The van der Waals surface area contributed by atoms with E-state index in [1.165, 1.54) is 17.0 Å². The molecule has 0 saturated carbocycles. The van der Waals surface area contributed by atoms with E-state index in [1.807, 2.05) is 54.2 Å². The minimum Gasteiger partial charge on any atom is -0.410 e.